The van der Waals surface area contributed by atoms with E-state index in [4.69, 9.17) is 9.26 Å². The molecule has 2 aromatic rings. The van der Waals surface area contributed by atoms with Crippen LogP contribution in [-0.4, -0.2) is 47.6 Å². The van der Waals surface area contributed by atoms with Crippen LogP contribution in [0.15, 0.2) is 28.8 Å². The van der Waals surface area contributed by atoms with Crippen LogP contribution in [-0.2, 0) is 4.74 Å². The number of rotatable bonds is 8. The van der Waals surface area contributed by atoms with Crippen molar-refractivity contribution in [2.75, 3.05) is 25.6 Å². The van der Waals surface area contributed by atoms with E-state index in [-0.39, 0.29) is 24.6 Å². The molecular formula is C17H24N4O4. The number of anilines is 1. The largest absolute Gasteiger partial charge is 0.394 e. The van der Waals surface area contributed by atoms with Gasteiger partial charge in [-0.1, -0.05) is 19.0 Å². The summed E-state index contributed by atoms with van der Waals surface area (Å²) < 4.78 is 10.2. The molecule has 1 atom stereocenters. The summed E-state index contributed by atoms with van der Waals surface area (Å²) in [7, 11) is 1.57. The molecule has 0 aliphatic heterocycles. The van der Waals surface area contributed by atoms with Crippen LogP contribution in [0.5, 0.6) is 0 Å². The van der Waals surface area contributed by atoms with Gasteiger partial charge in [-0.25, -0.2) is 4.79 Å². The second-order valence-electron chi connectivity index (χ2n) is 5.95. The Kier molecular flexibility index (Phi) is 6.91. The fourth-order valence-electron chi connectivity index (χ4n) is 2.10. The monoisotopic (exact) mass is 348 g/mol. The van der Waals surface area contributed by atoms with Crippen LogP contribution in [0.25, 0.3) is 11.5 Å². The van der Waals surface area contributed by atoms with Crippen LogP contribution in [0.2, 0.25) is 0 Å². The fourth-order valence-corrected chi connectivity index (χ4v) is 2.10. The molecule has 2 amide bonds. The van der Waals surface area contributed by atoms with Crippen LogP contribution in [0.1, 0.15) is 32.0 Å². The number of amides is 2. The number of ether oxygens (including phenoxy) is 1. The highest BCUT2D eigenvalue weighted by atomic mass is 16.5. The molecule has 1 aromatic carbocycles. The summed E-state index contributed by atoms with van der Waals surface area (Å²) in [6, 6.07) is 6.34. The van der Waals surface area contributed by atoms with Crippen LogP contribution < -0.4 is 10.6 Å². The molecule has 2 rings (SSSR count). The topological polar surface area (TPSA) is 110 Å². The summed E-state index contributed by atoms with van der Waals surface area (Å²) in [4.78, 5) is 16.3. The van der Waals surface area contributed by atoms with E-state index >= 15 is 0 Å². The standard InChI is InChI=1S/C17H24N4O4/c1-11(2)15-20-16(25-21-15)12-4-6-13(7-5-12)18-17(23)19-14(10-22)8-9-24-3/h4-7,11,14,22H,8-10H2,1-3H3,(H2,18,19,23)/t14-/m1/s1. The van der Waals surface area contributed by atoms with Crippen LogP contribution in [0, 0.1) is 0 Å². The van der Waals surface area contributed by atoms with Crippen molar-refractivity contribution in [2.24, 2.45) is 0 Å². The molecule has 1 heterocycles. The number of aromatic nitrogens is 2. The molecule has 0 saturated heterocycles. The van der Waals surface area contributed by atoms with Crippen molar-refractivity contribution in [3.8, 4) is 11.5 Å². The summed E-state index contributed by atoms with van der Waals surface area (Å²) in [6.45, 7) is 4.30. The van der Waals surface area contributed by atoms with E-state index in [1.54, 1.807) is 31.4 Å². The third-order valence-corrected chi connectivity index (χ3v) is 3.57. The van der Waals surface area contributed by atoms with Crippen molar-refractivity contribution in [1.82, 2.24) is 15.5 Å². The lowest BCUT2D eigenvalue weighted by Gasteiger charge is -2.16. The van der Waals surface area contributed by atoms with Gasteiger partial charge in [0.2, 0.25) is 0 Å². The number of hydrogen-bond acceptors (Lipinski definition) is 6. The third-order valence-electron chi connectivity index (χ3n) is 3.57. The van der Waals surface area contributed by atoms with Gasteiger partial charge >= 0.3 is 6.03 Å². The van der Waals surface area contributed by atoms with Gasteiger partial charge in [0.15, 0.2) is 5.82 Å². The van der Waals surface area contributed by atoms with E-state index in [2.05, 4.69) is 20.8 Å². The van der Waals surface area contributed by atoms with Gasteiger partial charge in [-0.15, -0.1) is 0 Å². The molecule has 0 unspecified atom stereocenters. The van der Waals surface area contributed by atoms with Crippen LogP contribution in [0.4, 0.5) is 10.5 Å². The number of carbonyl (C=O) groups is 1. The van der Waals surface area contributed by atoms with Crippen molar-refractivity contribution >= 4 is 11.7 Å². The zero-order chi connectivity index (χ0) is 18.2. The lowest BCUT2D eigenvalue weighted by atomic mass is 10.2. The zero-order valence-corrected chi connectivity index (χ0v) is 14.7. The van der Waals surface area contributed by atoms with Crippen molar-refractivity contribution in [1.29, 1.82) is 0 Å². The highest BCUT2D eigenvalue weighted by Crippen LogP contribution is 2.21. The van der Waals surface area contributed by atoms with Crippen molar-refractivity contribution in [2.45, 2.75) is 32.2 Å². The molecule has 0 saturated carbocycles. The number of hydrogen-bond donors (Lipinski definition) is 3. The summed E-state index contributed by atoms with van der Waals surface area (Å²) in [5, 5.41) is 18.6. The number of nitrogens with zero attached hydrogens (tertiary/aromatic N) is 2. The van der Waals surface area contributed by atoms with E-state index in [0.29, 0.717) is 30.4 Å². The Morgan fingerprint density at radius 2 is 2.04 bits per heavy atom. The van der Waals surface area contributed by atoms with E-state index < -0.39 is 0 Å². The maximum atomic E-state index is 12.0. The molecule has 1 aromatic heterocycles. The first-order chi connectivity index (χ1) is 12.0. The molecule has 25 heavy (non-hydrogen) atoms. The van der Waals surface area contributed by atoms with Crippen LogP contribution >= 0.6 is 0 Å². The van der Waals surface area contributed by atoms with Gasteiger partial charge in [-0.05, 0) is 30.7 Å². The minimum absolute atomic E-state index is 0.148. The van der Waals surface area contributed by atoms with E-state index in [0.717, 1.165) is 5.56 Å². The smallest absolute Gasteiger partial charge is 0.319 e. The Morgan fingerprint density at radius 3 is 2.60 bits per heavy atom. The predicted molar refractivity (Wildman–Crippen MR) is 93.3 cm³/mol. The number of benzene rings is 1. The number of aliphatic hydroxyl groups is 1. The highest BCUT2D eigenvalue weighted by Gasteiger charge is 2.13. The summed E-state index contributed by atoms with van der Waals surface area (Å²) in [6.07, 6.45) is 0.536. The summed E-state index contributed by atoms with van der Waals surface area (Å²) in [5.41, 5.74) is 1.40. The second-order valence-corrected chi connectivity index (χ2v) is 5.95. The molecule has 136 valence electrons. The maximum Gasteiger partial charge on any atom is 0.319 e. The molecule has 0 fully saturated rings. The van der Waals surface area contributed by atoms with Crippen molar-refractivity contribution in [3.05, 3.63) is 30.1 Å². The Labute approximate surface area is 146 Å². The van der Waals surface area contributed by atoms with E-state index in [1.807, 2.05) is 13.8 Å². The molecule has 0 aliphatic carbocycles. The average molecular weight is 348 g/mol. The molecule has 3 N–H and O–H groups in total. The second kappa shape index (κ2) is 9.14. The average Bonchev–Trinajstić information content (AvgIpc) is 3.09. The van der Waals surface area contributed by atoms with Crippen molar-refractivity contribution in [3.63, 3.8) is 0 Å². The van der Waals surface area contributed by atoms with Gasteiger partial charge < -0.3 is 25.0 Å². The number of urea groups is 1. The fraction of sp³-hybridized carbons (Fsp3) is 0.471. The number of carbonyl (C=O) groups excluding carboxylic acids is 1. The minimum Gasteiger partial charge on any atom is -0.394 e. The third kappa shape index (κ3) is 5.54. The Hall–Kier alpha value is -2.45. The molecule has 8 nitrogen and oxygen atoms in total. The number of nitrogens with one attached hydrogen (secondary N) is 2. The molecule has 0 bridgehead atoms. The Balaban J connectivity index is 1.94. The first-order valence-corrected chi connectivity index (χ1v) is 8.14. The lowest BCUT2D eigenvalue weighted by molar-refractivity contribution is 0.161. The predicted octanol–water partition coefficient (Wildman–Crippen LogP) is 2.38. The molecule has 0 radical (unpaired) electrons. The van der Waals surface area contributed by atoms with Gasteiger partial charge in [0.1, 0.15) is 0 Å². The normalized spacial score (nSPS) is 12.2. The van der Waals surface area contributed by atoms with Gasteiger partial charge in [0.05, 0.1) is 12.6 Å². The minimum atomic E-state index is -0.386. The number of aliphatic hydroxyl groups excluding tert-OH is 1. The first kappa shape index (κ1) is 18.9. The van der Waals surface area contributed by atoms with Crippen LogP contribution in [0.3, 0.4) is 0 Å². The SMILES string of the molecule is COCC[C@H](CO)NC(=O)Nc1ccc(-c2nc(C(C)C)no2)cc1. The summed E-state index contributed by atoms with van der Waals surface area (Å²) in [5.74, 6) is 1.29. The van der Waals surface area contributed by atoms with E-state index in [1.165, 1.54) is 0 Å². The quantitative estimate of drug-likeness (QED) is 0.676. The Morgan fingerprint density at radius 1 is 1.32 bits per heavy atom. The summed E-state index contributed by atoms with van der Waals surface area (Å²) >= 11 is 0. The molecule has 8 heteroatoms. The Bertz CT molecular complexity index is 670. The van der Waals surface area contributed by atoms with Gasteiger partial charge in [-0.3, -0.25) is 0 Å². The van der Waals surface area contributed by atoms with Gasteiger partial charge in [-0.2, -0.15) is 4.98 Å². The van der Waals surface area contributed by atoms with E-state index in [9.17, 15) is 9.90 Å². The molecule has 0 spiro atoms. The lowest BCUT2D eigenvalue weighted by Crippen LogP contribution is -2.40. The molecular weight excluding hydrogens is 324 g/mol. The van der Waals surface area contributed by atoms with Crippen molar-refractivity contribution < 1.29 is 19.2 Å². The highest BCUT2D eigenvalue weighted by molar-refractivity contribution is 5.89. The zero-order valence-electron chi connectivity index (χ0n) is 14.7. The maximum absolute atomic E-state index is 12.0. The number of methoxy groups -OCH3 is 1. The van der Waals surface area contributed by atoms with Gasteiger partial charge in [0.25, 0.3) is 5.89 Å². The molecule has 0 aliphatic rings. The van der Waals surface area contributed by atoms with Gasteiger partial charge in [0, 0.05) is 30.9 Å². The first-order valence-electron chi connectivity index (χ1n) is 8.14.